The van der Waals surface area contributed by atoms with E-state index in [1.54, 1.807) is 6.92 Å². The minimum Gasteiger partial charge on any atom is -0.481 e. The molecule has 3 N–H and O–H groups in total. The molecule has 0 aliphatic rings. The highest BCUT2D eigenvalue weighted by Crippen LogP contribution is 2.26. The summed E-state index contributed by atoms with van der Waals surface area (Å²) in [5.74, 6) is 0.575. The second kappa shape index (κ2) is 7.46. The summed E-state index contributed by atoms with van der Waals surface area (Å²) in [7, 11) is 0. The van der Waals surface area contributed by atoms with E-state index in [0.717, 1.165) is 18.4 Å². The molecule has 0 radical (unpaired) electrons. The first kappa shape index (κ1) is 17.5. The number of rotatable bonds is 7. The van der Waals surface area contributed by atoms with E-state index < -0.39 is 6.10 Å². The minimum atomic E-state index is -0.555. The van der Waals surface area contributed by atoms with E-state index in [2.05, 4.69) is 5.32 Å². The van der Waals surface area contributed by atoms with Gasteiger partial charge in [-0.1, -0.05) is 32.0 Å². The van der Waals surface area contributed by atoms with Crippen LogP contribution in [-0.4, -0.2) is 17.6 Å². The van der Waals surface area contributed by atoms with Gasteiger partial charge >= 0.3 is 0 Å². The molecule has 118 valence electrons. The van der Waals surface area contributed by atoms with Crippen molar-refractivity contribution in [2.24, 2.45) is 5.73 Å². The number of hydrogen-bond acceptors (Lipinski definition) is 3. The standard InChI is InChI=1S/C17H28N2O2/c1-6-14(18)13-10-8-9-11-15(13)21-12(3)16(20)19-17(4,5)7-2/h8-12,14H,6-7,18H2,1-5H3,(H,19,20). The third-order valence-electron chi connectivity index (χ3n) is 3.78. The van der Waals surface area contributed by atoms with Gasteiger partial charge in [0.2, 0.25) is 0 Å². The Labute approximate surface area is 128 Å². The molecule has 0 fully saturated rings. The largest absolute Gasteiger partial charge is 0.481 e. The van der Waals surface area contributed by atoms with E-state index in [0.29, 0.717) is 5.75 Å². The lowest BCUT2D eigenvalue weighted by molar-refractivity contribution is -0.129. The molecule has 2 unspecified atom stereocenters. The maximum atomic E-state index is 12.2. The number of carbonyl (C=O) groups excluding carboxylic acids is 1. The molecule has 0 heterocycles. The van der Waals surface area contributed by atoms with E-state index in [4.69, 9.17) is 10.5 Å². The van der Waals surface area contributed by atoms with E-state index in [1.807, 2.05) is 52.0 Å². The molecule has 0 saturated carbocycles. The van der Waals surface area contributed by atoms with Crippen LogP contribution in [0.25, 0.3) is 0 Å². The van der Waals surface area contributed by atoms with E-state index >= 15 is 0 Å². The van der Waals surface area contributed by atoms with Gasteiger partial charge in [0.05, 0.1) is 0 Å². The van der Waals surface area contributed by atoms with Crippen molar-refractivity contribution in [3.05, 3.63) is 29.8 Å². The van der Waals surface area contributed by atoms with E-state index in [9.17, 15) is 4.79 Å². The summed E-state index contributed by atoms with van der Waals surface area (Å²) in [6.45, 7) is 9.83. The number of para-hydroxylation sites is 1. The fourth-order valence-electron chi connectivity index (χ4n) is 1.88. The molecule has 1 rings (SSSR count). The van der Waals surface area contributed by atoms with Crippen LogP contribution in [0.4, 0.5) is 0 Å². The molecule has 4 nitrogen and oxygen atoms in total. The zero-order valence-electron chi connectivity index (χ0n) is 13.8. The van der Waals surface area contributed by atoms with Crippen LogP contribution in [0.3, 0.4) is 0 Å². The van der Waals surface area contributed by atoms with Crippen molar-refractivity contribution in [1.29, 1.82) is 0 Å². The first-order chi connectivity index (χ1) is 9.80. The lowest BCUT2D eigenvalue weighted by Crippen LogP contribution is -2.48. The van der Waals surface area contributed by atoms with Crippen molar-refractivity contribution in [3.8, 4) is 5.75 Å². The van der Waals surface area contributed by atoms with Crippen LogP contribution in [0.2, 0.25) is 0 Å². The Bertz CT molecular complexity index is 472. The summed E-state index contributed by atoms with van der Waals surface area (Å²) >= 11 is 0. The zero-order valence-corrected chi connectivity index (χ0v) is 13.8. The number of benzene rings is 1. The Hall–Kier alpha value is -1.55. The van der Waals surface area contributed by atoms with Crippen molar-refractivity contribution in [3.63, 3.8) is 0 Å². The van der Waals surface area contributed by atoms with Gasteiger partial charge in [-0.05, 0) is 39.7 Å². The molecule has 0 aliphatic carbocycles. The topological polar surface area (TPSA) is 64.3 Å². The van der Waals surface area contributed by atoms with Gasteiger partial charge in [-0.25, -0.2) is 0 Å². The van der Waals surface area contributed by atoms with Crippen LogP contribution < -0.4 is 15.8 Å². The highest BCUT2D eigenvalue weighted by atomic mass is 16.5. The van der Waals surface area contributed by atoms with Crippen LogP contribution in [0.1, 0.15) is 59.1 Å². The highest BCUT2D eigenvalue weighted by Gasteiger charge is 2.23. The minimum absolute atomic E-state index is 0.0801. The smallest absolute Gasteiger partial charge is 0.261 e. The fraction of sp³-hybridized carbons (Fsp3) is 0.588. The Balaban J connectivity index is 2.79. The molecule has 1 amide bonds. The predicted molar refractivity (Wildman–Crippen MR) is 86.3 cm³/mol. The van der Waals surface area contributed by atoms with Gasteiger partial charge in [-0.15, -0.1) is 0 Å². The molecule has 0 spiro atoms. The second-order valence-corrected chi connectivity index (χ2v) is 6.04. The lowest BCUT2D eigenvalue weighted by atomic mass is 10.0. The third-order valence-corrected chi connectivity index (χ3v) is 3.78. The van der Waals surface area contributed by atoms with E-state index in [1.165, 1.54) is 0 Å². The maximum absolute atomic E-state index is 12.2. The average Bonchev–Trinajstić information content (AvgIpc) is 2.46. The van der Waals surface area contributed by atoms with Crippen molar-refractivity contribution in [1.82, 2.24) is 5.32 Å². The number of hydrogen-bond donors (Lipinski definition) is 2. The Morgan fingerprint density at radius 3 is 2.52 bits per heavy atom. The van der Waals surface area contributed by atoms with Crippen molar-refractivity contribution in [2.45, 2.75) is 65.1 Å². The SMILES string of the molecule is CCC(N)c1ccccc1OC(C)C(=O)NC(C)(C)CC. The maximum Gasteiger partial charge on any atom is 0.261 e. The summed E-state index contributed by atoms with van der Waals surface area (Å²) in [5, 5.41) is 2.99. The monoisotopic (exact) mass is 292 g/mol. The van der Waals surface area contributed by atoms with Crippen molar-refractivity contribution >= 4 is 5.91 Å². The van der Waals surface area contributed by atoms with Gasteiger partial charge in [0.15, 0.2) is 6.10 Å². The molecule has 21 heavy (non-hydrogen) atoms. The van der Waals surface area contributed by atoms with Crippen molar-refractivity contribution < 1.29 is 9.53 Å². The Morgan fingerprint density at radius 2 is 1.95 bits per heavy atom. The van der Waals surface area contributed by atoms with Crippen molar-refractivity contribution in [2.75, 3.05) is 0 Å². The summed E-state index contributed by atoms with van der Waals surface area (Å²) in [6, 6.07) is 7.55. The first-order valence-electron chi connectivity index (χ1n) is 7.64. The highest BCUT2D eigenvalue weighted by molar-refractivity contribution is 5.81. The first-order valence-corrected chi connectivity index (χ1v) is 7.64. The van der Waals surface area contributed by atoms with Crippen LogP contribution in [0.15, 0.2) is 24.3 Å². The molecule has 0 aliphatic heterocycles. The van der Waals surface area contributed by atoms with Gasteiger partial charge in [0, 0.05) is 17.1 Å². The number of ether oxygens (including phenoxy) is 1. The molecule has 0 aromatic heterocycles. The second-order valence-electron chi connectivity index (χ2n) is 6.04. The van der Waals surface area contributed by atoms with Gasteiger partial charge in [-0.3, -0.25) is 4.79 Å². The third kappa shape index (κ3) is 5.05. The molecule has 0 saturated heterocycles. The normalized spacial score (nSPS) is 14.4. The zero-order chi connectivity index (χ0) is 16.0. The quantitative estimate of drug-likeness (QED) is 0.811. The number of nitrogens with one attached hydrogen (secondary N) is 1. The molecule has 0 bridgehead atoms. The number of amides is 1. The molecular weight excluding hydrogens is 264 g/mol. The molecular formula is C17H28N2O2. The fourth-order valence-corrected chi connectivity index (χ4v) is 1.88. The molecule has 4 heteroatoms. The lowest BCUT2D eigenvalue weighted by Gasteiger charge is -2.27. The summed E-state index contributed by atoms with van der Waals surface area (Å²) in [5.41, 5.74) is 6.80. The number of nitrogens with two attached hydrogens (primary N) is 1. The molecule has 2 atom stereocenters. The van der Waals surface area contributed by atoms with Gasteiger partial charge in [0.1, 0.15) is 5.75 Å². The molecule has 1 aromatic rings. The molecule has 1 aromatic carbocycles. The van der Waals surface area contributed by atoms with Crippen LogP contribution in [-0.2, 0) is 4.79 Å². The summed E-state index contributed by atoms with van der Waals surface area (Å²) < 4.78 is 5.83. The summed E-state index contributed by atoms with van der Waals surface area (Å²) in [4.78, 5) is 12.2. The van der Waals surface area contributed by atoms with Gasteiger partial charge in [-0.2, -0.15) is 0 Å². The number of carbonyl (C=O) groups is 1. The Morgan fingerprint density at radius 1 is 1.33 bits per heavy atom. The van der Waals surface area contributed by atoms with Crippen LogP contribution in [0.5, 0.6) is 5.75 Å². The van der Waals surface area contributed by atoms with Crippen LogP contribution >= 0.6 is 0 Å². The predicted octanol–water partition coefficient (Wildman–Crippen LogP) is 3.17. The average molecular weight is 292 g/mol. The summed E-state index contributed by atoms with van der Waals surface area (Å²) in [6.07, 6.45) is 1.13. The van der Waals surface area contributed by atoms with Gasteiger partial charge in [0.25, 0.3) is 5.91 Å². The Kier molecular flexibility index (Phi) is 6.21. The van der Waals surface area contributed by atoms with Gasteiger partial charge < -0.3 is 15.8 Å². The van der Waals surface area contributed by atoms with Crippen LogP contribution in [0, 0.1) is 0 Å². The van der Waals surface area contributed by atoms with E-state index in [-0.39, 0.29) is 17.5 Å².